The summed E-state index contributed by atoms with van der Waals surface area (Å²) in [7, 11) is 0. The number of ketones is 1. The smallest absolute Gasteiger partial charge is 0.346 e. The second kappa shape index (κ2) is 10.7. The van der Waals surface area contributed by atoms with Gasteiger partial charge in [-0.15, -0.1) is 0 Å². The van der Waals surface area contributed by atoms with E-state index in [0.29, 0.717) is 45.3 Å². The van der Waals surface area contributed by atoms with Crippen molar-refractivity contribution in [3.63, 3.8) is 0 Å². The van der Waals surface area contributed by atoms with E-state index < -0.39 is 23.7 Å². The molecule has 38 heavy (non-hydrogen) atoms. The first-order valence-electron chi connectivity index (χ1n) is 12.2. The summed E-state index contributed by atoms with van der Waals surface area (Å²) in [6.07, 6.45) is 5.20. The Labute approximate surface area is 215 Å². The first-order chi connectivity index (χ1) is 18.3. The number of aromatic amines is 1. The van der Waals surface area contributed by atoms with Crippen molar-refractivity contribution in [1.82, 2.24) is 39.6 Å². The number of H-pyrrole nitrogens is 1. The Bertz CT molecular complexity index is 1460. The highest BCUT2D eigenvalue weighted by atomic mass is 19.4. The molecule has 5 rings (SSSR count). The predicted molar refractivity (Wildman–Crippen MR) is 129 cm³/mol. The second-order valence-corrected chi connectivity index (χ2v) is 9.20. The molecule has 1 saturated heterocycles. The molecule has 1 aliphatic rings. The third kappa shape index (κ3) is 5.40. The van der Waals surface area contributed by atoms with Gasteiger partial charge in [0, 0.05) is 47.9 Å². The number of hydrogen-bond acceptors (Lipinski definition) is 8. The molecule has 10 nitrogen and oxygen atoms in total. The third-order valence-corrected chi connectivity index (χ3v) is 6.83. The molecule has 0 radical (unpaired) electrons. The number of halogens is 3. The quantitative estimate of drug-likeness (QED) is 0.344. The normalized spacial score (nSPS) is 15.9. The number of nitrogens with zero attached hydrogens (tertiary/aromatic N) is 8. The number of nitrogens with one attached hydrogen (secondary N) is 1. The van der Waals surface area contributed by atoms with Gasteiger partial charge in [0.1, 0.15) is 17.7 Å². The molecule has 0 spiro atoms. The summed E-state index contributed by atoms with van der Waals surface area (Å²) in [6.45, 7) is 1.70. The molecular formula is C25H24F3N9O. The molecule has 4 aromatic heterocycles. The van der Waals surface area contributed by atoms with Crippen molar-refractivity contribution >= 4 is 16.8 Å². The Morgan fingerprint density at radius 2 is 2.03 bits per heavy atom. The Kier molecular flexibility index (Phi) is 7.15. The van der Waals surface area contributed by atoms with E-state index in [1.165, 1.54) is 12.4 Å². The van der Waals surface area contributed by atoms with Gasteiger partial charge in [0.25, 0.3) is 0 Å². The fourth-order valence-corrected chi connectivity index (χ4v) is 4.89. The van der Waals surface area contributed by atoms with Gasteiger partial charge in [0.05, 0.1) is 24.5 Å². The van der Waals surface area contributed by atoms with Crippen molar-refractivity contribution in [2.75, 3.05) is 13.1 Å². The van der Waals surface area contributed by atoms with E-state index >= 15 is 0 Å². The van der Waals surface area contributed by atoms with Crippen molar-refractivity contribution in [1.29, 1.82) is 5.26 Å². The van der Waals surface area contributed by atoms with Gasteiger partial charge in [-0.25, -0.2) is 19.9 Å². The van der Waals surface area contributed by atoms with Crippen molar-refractivity contribution in [3.8, 4) is 17.3 Å². The summed E-state index contributed by atoms with van der Waals surface area (Å²) in [5.74, 6) is -2.13. The second-order valence-electron chi connectivity index (χ2n) is 9.20. The molecule has 0 bridgehead atoms. The number of alkyl halides is 3. The van der Waals surface area contributed by atoms with E-state index in [1.807, 2.05) is 16.9 Å². The Hall–Kier alpha value is -4.18. The Morgan fingerprint density at radius 1 is 1.21 bits per heavy atom. The fourth-order valence-electron chi connectivity index (χ4n) is 4.89. The summed E-state index contributed by atoms with van der Waals surface area (Å²) in [5.41, 5.74) is 2.15. The highest BCUT2D eigenvalue weighted by Crippen LogP contribution is 2.28. The summed E-state index contributed by atoms with van der Waals surface area (Å²) in [5, 5.41) is 14.6. The SMILES string of the molecule is N#CCC[C@@H](Cn1cc(-c2ncnc3[nH]ccc23)cn1)N1CCC(C(=O)c2ccnc(C(F)(F)F)n2)CC1. The summed E-state index contributed by atoms with van der Waals surface area (Å²) in [6, 6.07) is 5.35. The number of fused-ring (bicyclic) bond motifs is 1. The highest BCUT2D eigenvalue weighted by Gasteiger charge is 2.36. The first-order valence-corrected chi connectivity index (χ1v) is 12.2. The minimum Gasteiger partial charge on any atom is -0.346 e. The maximum Gasteiger partial charge on any atom is 0.451 e. The molecule has 13 heteroatoms. The molecule has 0 amide bonds. The van der Waals surface area contributed by atoms with Crippen LogP contribution in [-0.4, -0.2) is 64.5 Å². The van der Waals surface area contributed by atoms with Crippen LogP contribution in [0.1, 0.15) is 42.0 Å². The van der Waals surface area contributed by atoms with E-state index in [-0.39, 0.29) is 11.7 Å². The van der Waals surface area contributed by atoms with Crippen LogP contribution < -0.4 is 0 Å². The minimum absolute atomic E-state index is 0.00649. The van der Waals surface area contributed by atoms with Crippen LogP contribution in [0.5, 0.6) is 0 Å². The van der Waals surface area contributed by atoms with Gasteiger partial charge >= 0.3 is 6.18 Å². The lowest BCUT2D eigenvalue weighted by Crippen LogP contribution is -2.44. The topological polar surface area (TPSA) is 129 Å². The molecule has 0 unspecified atom stereocenters. The lowest BCUT2D eigenvalue weighted by atomic mass is 9.89. The standard InChI is InChI=1S/C25H24F3N9O/c26-25(27,28)24-31-9-4-20(35-24)22(38)16-5-10-36(11-6-16)18(2-1-7-29)14-37-13-17(12-34-37)21-19-3-8-30-23(19)33-15-32-21/h3-4,8-9,12-13,15-16,18H,1-2,5-6,10-11,14H2,(H,30,32,33)/t18-/m0/s1. The number of carbonyl (C=O) groups is 1. The molecule has 1 atom stereocenters. The van der Waals surface area contributed by atoms with E-state index in [9.17, 15) is 23.2 Å². The molecule has 1 N–H and O–H groups in total. The van der Waals surface area contributed by atoms with Gasteiger partial charge < -0.3 is 4.98 Å². The fraction of sp³-hybridized carbons (Fsp3) is 0.400. The molecule has 0 saturated carbocycles. The van der Waals surface area contributed by atoms with Crippen molar-refractivity contribution in [3.05, 3.63) is 54.8 Å². The van der Waals surface area contributed by atoms with Crippen LogP contribution in [-0.2, 0) is 12.7 Å². The molecule has 1 fully saturated rings. The number of Topliss-reactive ketones (excluding diaryl/α,β-unsaturated/α-hetero) is 1. The van der Waals surface area contributed by atoms with E-state index in [4.69, 9.17) is 0 Å². The zero-order valence-electron chi connectivity index (χ0n) is 20.3. The van der Waals surface area contributed by atoms with Crippen molar-refractivity contribution < 1.29 is 18.0 Å². The number of piperidine rings is 1. The van der Waals surface area contributed by atoms with Crippen LogP contribution in [0.25, 0.3) is 22.3 Å². The zero-order valence-corrected chi connectivity index (χ0v) is 20.3. The van der Waals surface area contributed by atoms with Crippen molar-refractivity contribution in [2.24, 2.45) is 5.92 Å². The molecule has 196 valence electrons. The van der Waals surface area contributed by atoms with Crippen LogP contribution in [0.15, 0.2) is 43.2 Å². The van der Waals surface area contributed by atoms with Gasteiger partial charge in [-0.1, -0.05) is 0 Å². The van der Waals surface area contributed by atoms with Crippen molar-refractivity contribution in [2.45, 2.75) is 44.4 Å². The lowest BCUT2D eigenvalue weighted by molar-refractivity contribution is -0.145. The molecule has 0 aliphatic carbocycles. The van der Waals surface area contributed by atoms with Crippen LogP contribution in [0.3, 0.4) is 0 Å². The number of carbonyl (C=O) groups excluding carboxylic acids is 1. The monoisotopic (exact) mass is 523 g/mol. The summed E-state index contributed by atoms with van der Waals surface area (Å²) < 4.78 is 40.7. The molecule has 1 aliphatic heterocycles. The van der Waals surface area contributed by atoms with Crippen LogP contribution in [0, 0.1) is 17.2 Å². The average molecular weight is 524 g/mol. The molecule has 5 heterocycles. The maximum atomic E-state index is 13.0. The molecule has 4 aromatic rings. The predicted octanol–water partition coefficient (Wildman–Crippen LogP) is 3.90. The zero-order chi connectivity index (χ0) is 26.7. The molecular weight excluding hydrogens is 499 g/mol. The average Bonchev–Trinajstić information content (AvgIpc) is 3.60. The van der Waals surface area contributed by atoms with E-state index in [0.717, 1.165) is 28.5 Å². The van der Waals surface area contributed by atoms with Crippen LogP contribution in [0.2, 0.25) is 0 Å². The highest BCUT2D eigenvalue weighted by molar-refractivity contribution is 5.96. The first kappa shape index (κ1) is 25.5. The number of nitriles is 1. The minimum atomic E-state index is -4.71. The maximum absolute atomic E-state index is 13.0. The summed E-state index contributed by atoms with van der Waals surface area (Å²) >= 11 is 0. The Balaban J connectivity index is 1.25. The number of hydrogen-bond donors (Lipinski definition) is 1. The molecule has 0 aromatic carbocycles. The van der Waals surface area contributed by atoms with Crippen LogP contribution >= 0.6 is 0 Å². The van der Waals surface area contributed by atoms with Gasteiger partial charge in [0.15, 0.2) is 5.78 Å². The Morgan fingerprint density at radius 3 is 2.79 bits per heavy atom. The number of aromatic nitrogens is 7. The lowest BCUT2D eigenvalue weighted by Gasteiger charge is -2.37. The van der Waals surface area contributed by atoms with E-state index in [1.54, 1.807) is 12.4 Å². The largest absolute Gasteiger partial charge is 0.451 e. The van der Waals surface area contributed by atoms with Gasteiger partial charge in [-0.3, -0.25) is 14.4 Å². The summed E-state index contributed by atoms with van der Waals surface area (Å²) in [4.78, 5) is 33.5. The number of likely N-dealkylation sites (tertiary alicyclic amines) is 1. The van der Waals surface area contributed by atoms with Crippen LogP contribution in [0.4, 0.5) is 13.2 Å². The number of rotatable bonds is 8. The van der Waals surface area contributed by atoms with Gasteiger partial charge in [-0.2, -0.15) is 23.5 Å². The van der Waals surface area contributed by atoms with Gasteiger partial charge in [-0.05, 0) is 44.5 Å². The van der Waals surface area contributed by atoms with E-state index in [2.05, 4.69) is 41.0 Å². The van der Waals surface area contributed by atoms with Gasteiger partial charge in [0.2, 0.25) is 5.82 Å². The third-order valence-electron chi connectivity index (χ3n) is 6.83.